The van der Waals surface area contributed by atoms with Gasteiger partial charge in [-0.2, -0.15) is 0 Å². The van der Waals surface area contributed by atoms with Gasteiger partial charge in [-0.1, -0.05) is 6.07 Å². The quantitative estimate of drug-likeness (QED) is 0.498. The Balaban J connectivity index is 2.09. The summed E-state index contributed by atoms with van der Waals surface area (Å²) in [7, 11) is 0. The second kappa shape index (κ2) is 4.31. The lowest BCUT2D eigenvalue weighted by Gasteiger charge is -2.21. The van der Waals surface area contributed by atoms with E-state index in [1.54, 1.807) is 6.07 Å². The van der Waals surface area contributed by atoms with Gasteiger partial charge in [0.25, 0.3) is 5.69 Å². The summed E-state index contributed by atoms with van der Waals surface area (Å²) in [6.07, 6.45) is 0.477. The topological polar surface area (TPSA) is 52.4 Å². The molecule has 6 heteroatoms. The van der Waals surface area contributed by atoms with Gasteiger partial charge in [-0.3, -0.25) is 10.1 Å². The molecule has 19 heavy (non-hydrogen) atoms. The number of ether oxygens (including phenoxy) is 1. The standard InChI is InChI=1S/C13H7BrFNO3/c14-12-10(15)3-1-7-5-8-6-9(16(17)18)2-4-11(8)19-13(7)12/h1-4,6H,5H2. The predicted molar refractivity (Wildman–Crippen MR) is 70.1 cm³/mol. The minimum absolute atomic E-state index is 0.0203. The fourth-order valence-corrected chi connectivity index (χ4v) is 2.52. The van der Waals surface area contributed by atoms with Crippen LogP contribution in [0.1, 0.15) is 11.1 Å². The molecule has 0 fully saturated rings. The third-order valence-corrected chi connectivity index (χ3v) is 3.72. The van der Waals surface area contributed by atoms with E-state index in [-0.39, 0.29) is 10.2 Å². The van der Waals surface area contributed by atoms with Crippen LogP contribution in [0.4, 0.5) is 10.1 Å². The zero-order valence-corrected chi connectivity index (χ0v) is 11.1. The number of nitro benzene ring substituents is 1. The van der Waals surface area contributed by atoms with Crippen LogP contribution in [0.5, 0.6) is 11.5 Å². The van der Waals surface area contributed by atoms with E-state index in [0.29, 0.717) is 17.9 Å². The summed E-state index contributed by atoms with van der Waals surface area (Å²) in [6.45, 7) is 0. The van der Waals surface area contributed by atoms with Crippen molar-refractivity contribution < 1.29 is 14.1 Å². The lowest BCUT2D eigenvalue weighted by atomic mass is 10.00. The molecule has 0 N–H and O–H groups in total. The van der Waals surface area contributed by atoms with Crippen LogP contribution in [0.25, 0.3) is 0 Å². The maximum atomic E-state index is 13.4. The molecule has 1 aliphatic heterocycles. The molecule has 0 atom stereocenters. The smallest absolute Gasteiger partial charge is 0.269 e. The SMILES string of the molecule is O=[N+]([O-])c1ccc2c(c1)Cc1ccc(F)c(Br)c1O2. The first-order valence-electron chi connectivity index (χ1n) is 5.48. The van der Waals surface area contributed by atoms with E-state index in [2.05, 4.69) is 15.9 Å². The predicted octanol–water partition coefficient (Wildman–Crippen LogP) is 4.19. The molecule has 0 radical (unpaired) electrons. The van der Waals surface area contributed by atoms with Gasteiger partial charge in [0.05, 0.1) is 9.40 Å². The third kappa shape index (κ3) is 1.98. The van der Waals surface area contributed by atoms with E-state index in [9.17, 15) is 14.5 Å². The molecule has 1 aliphatic rings. The van der Waals surface area contributed by atoms with Crippen molar-refractivity contribution in [3.05, 3.63) is 61.9 Å². The first-order chi connectivity index (χ1) is 9.06. The van der Waals surface area contributed by atoms with Crippen LogP contribution in [-0.2, 0) is 6.42 Å². The minimum atomic E-state index is -0.448. The number of halogens is 2. The molecule has 0 aromatic heterocycles. The van der Waals surface area contributed by atoms with Gasteiger partial charge in [0.15, 0.2) is 0 Å². The molecule has 0 spiro atoms. The number of hydrogen-bond donors (Lipinski definition) is 0. The molecular formula is C13H7BrFNO3. The number of fused-ring (bicyclic) bond motifs is 2. The number of hydrogen-bond acceptors (Lipinski definition) is 3. The van der Waals surface area contributed by atoms with Gasteiger partial charge in [-0.05, 0) is 28.1 Å². The highest BCUT2D eigenvalue weighted by Gasteiger charge is 2.23. The molecule has 0 amide bonds. The van der Waals surface area contributed by atoms with Crippen LogP contribution < -0.4 is 4.74 Å². The lowest BCUT2D eigenvalue weighted by molar-refractivity contribution is -0.384. The zero-order valence-electron chi connectivity index (χ0n) is 9.52. The first kappa shape index (κ1) is 12.1. The number of nitrogens with zero attached hydrogens (tertiary/aromatic N) is 1. The molecular weight excluding hydrogens is 317 g/mol. The zero-order chi connectivity index (χ0) is 13.6. The highest BCUT2D eigenvalue weighted by Crippen LogP contribution is 2.42. The fraction of sp³-hybridized carbons (Fsp3) is 0.0769. The van der Waals surface area contributed by atoms with E-state index in [0.717, 1.165) is 11.1 Å². The van der Waals surface area contributed by atoms with E-state index < -0.39 is 10.7 Å². The molecule has 2 aromatic rings. The van der Waals surface area contributed by atoms with Crippen molar-refractivity contribution >= 4 is 21.6 Å². The Hall–Kier alpha value is -1.95. The van der Waals surface area contributed by atoms with E-state index in [1.165, 1.54) is 24.3 Å². The van der Waals surface area contributed by atoms with Gasteiger partial charge < -0.3 is 4.74 Å². The maximum Gasteiger partial charge on any atom is 0.269 e. The summed E-state index contributed by atoms with van der Waals surface area (Å²) in [5, 5.41) is 10.7. The van der Waals surface area contributed by atoms with Gasteiger partial charge in [-0.15, -0.1) is 0 Å². The van der Waals surface area contributed by atoms with Crippen molar-refractivity contribution in [2.24, 2.45) is 0 Å². The Morgan fingerprint density at radius 2 is 2.05 bits per heavy atom. The van der Waals surface area contributed by atoms with Crippen LogP contribution >= 0.6 is 15.9 Å². The van der Waals surface area contributed by atoms with Crippen molar-refractivity contribution in [1.82, 2.24) is 0 Å². The normalized spacial score (nSPS) is 12.3. The second-order valence-electron chi connectivity index (χ2n) is 4.18. The average Bonchev–Trinajstić information content (AvgIpc) is 2.41. The largest absolute Gasteiger partial charge is 0.455 e. The van der Waals surface area contributed by atoms with Crippen molar-refractivity contribution in [3.8, 4) is 11.5 Å². The molecule has 0 aliphatic carbocycles. The summed E-state index contributed by atoms with van der Waals surface area (Å²) in [4.78, 5) is 10.3. The van der Waals surface area contributed by atoms with Gasteiger partial charge in [0, 0.05) is 29.7 Å². The van der Waals surface area contributed by atoms with Gasteiger partial charge >= 0.3 is 0 Å². The molecule has 4 nitrogen and oxygen atoms in total. The fourth-order valence-electron chi connectivity index (χ4n) is 2.05. The van der Waals surface area contributed by atoms with E-state index in [1.807, 2.05) is 0 Å². The Morgan fingerprint density at radius 3 is 2.79 bits per heavy atom. The first-order valence-corrected chi connectivity index (χ1v) is 6.27. The number of rotatable bonds is 1. The Morgan fingerprint density at radius 1 is 1.26 bits per heavy atom. The molecule has 0 saturated carbocycles. The summed E-state index contributed by atoms with van der Waals surface area (Å²) in [5.74, 6) is 0.551. The van der Waals surface area contributed by atoms with Gasteiger partial charge in [0.1, 0.15) is 17.3 Å². The highest BCUT2D eigenvalue weighted by molar-refractivity contribution is 9.10. The second-order valence-corrected chi connectivity index (χ2v) is 4.97. The van der Waals surface area contributed by atoms with Crippen molar-refractivity contribution in [2.75, 3.05) is 0 Å². The van der Waals surface area contributed by atoms with Crippen LogP contribution in [0.15, 0.2) is 34.8 Å². The van der Waals surface area contributed by atoms with Crippen molar-refractivity contribution in [1.29, 1.82) is 0 Å². The summed E-state index contributed by atoms with van der Waals surface area (Å²) in [5.41, 5.74) is 1.54. The van der Waals surface area contributed by atoms with E-state index in [4.69, 9.17) is 4.74 Å². The monoisotopic (exact) mass is 323 g/mol. The van der Waals surface area contributed by atoms with Crippen molar-refractivity contribution in [2.45, 2.75) is 6.42 Å². The summed E-state index contributed by atoms with van der Waals surface area (Å²) >= 11 is 3.15. The summed E-state index contributed by atoms with van der Waals surface area (Å²) < 4.78 is 19.3. The molecule has 3 rings (SSSR count). The van der Waals surface area contributed by atoms with Crippen LogP contribution in [0.2, 0.25) is 0 Å². The Kier molecular flexibility index (Phi) is 2.74. The lowest BCUT2D eigenvalue weighted by Crippen LogP contribution is -2.05. The molecule has 0 bridgehead atoms. The molecule has 2 aromatic carbocycles. The Labute approximate surface area is 116 Å². The van der Waals surface area contributed by atoms with Crippen LogP contribution in [0.3, 0.4) is 0 Å². The molecule has 96 valence electrons. The van der Waals surface area contributed by atoms with Gasteiger partial charge in [0.2, 0.25) is 0 Å². The molecule has 0 unspecified atom stereocenters. The number of benzene rings is 2. The minimum Gasteiger partial charge on any atom is -0.455 e. The highest BCUT2D eigenvalue weighted by atomic mass is 79.9. The molecule has 0 saturated heterocycles. The van der Waals surface area contributed by atoms with Gasteiger partial charge in [-0.25, -0.2) is 4.39 Å². The van der Waals surface area contributed by atoms with Crippen LogP contribution in [0, 0.1) is 15.9 Å². The van der Waals surface area contributed by atoms with Crippen LogP contribution in [-0.4, -0.2) is 4.92 Å². The Bertz CT molecular complexity index is 703. The molecule has 1 heterocycles. The third-order valence-electron chi connectivity index (χ3n) is 2.98. The average molecular weight is 324 g/mol. The van der Waals surface area contributed by atoms with Crippen molar-refractivity contribution in [3.63, 3.8) is 0 Å². The summed E-state index contributed by atoms with van der Waals surface area (Å²) in [6, 6.07) is 7.35. The number of non-ortho nitro benzene ring substituents is 1. The maximum absolute atomic E-state index is 13.4. The number of nitro groups is 1. The van der Waals surface area contributed by atoms with E-state index >= 15 is 0 Å².